The van der Waals surface area contributed by atoms with Gasteiger partial charge in [-0.15, -0.1) is 5.10 Å². The second kappa shape index (κ2) is 9.25. The van der Waals surface area contributed by atoms with Gasteiger partial charge in [0.15, 0.2) is 0 Å². The summed E-state index contributed by atoms with van der Waals surface area (Å²) in [5.74, 6) is 1.25. The number of thioether (sulfide) groups is 1. The van der Waals surface area contributed by atoms with Gasteiger partial charge in [-0.2, -0.15) is 4.98 Å². The van der Waals surface area contributed by atoms with E-state index in [2.05, 4.69) is 41.2 Å². The van der Waals surface area contributed by atoms with E-state index in [1.165, 1.54) is 36.6 Å². The average molecular weight is 404 g/mol. The van der Waals surface area contributed by atoms with Crippen LogP contribution in [0.25, 0.3) is 5.78 Å². The first-order valence-corrected chi connectivity index (χ1v) is 11.5. The molecule has 3 rings (SSSR count). The fraction of sp³-hybridized carbons (Fsp3) is 0.714. The SMILES string of the molecule is CCCCc1c(C)nc2nc(SC(C)C(=O)NC3CCCCC3C)nn2c1C. The van der Waals surface area contributed by atoms with E-state index in [4.69, 9.17) is 0 Å². The molecule has 2 aromatic rings. The highest BCUT2D eigenvalue weighted by atomic mass is 32.2. The second-order valence-electron chi connectivity index (χ2n) is 8.11. The molecule has 0 aromatic carbocycles. The van der Waals surface area contributed by atoms with Crippen molar-refractivity contribution in [3.8, 4) is 0 Å². The summed E-state index contributed by atoms with van der Waals surface area (Å²) in [4.78, 5) is 21.9. The summed E-state index contributed by atoms with van der Waals surface area (Å²) in [7, 11) is 0. The number of unbranched alkanes of at least 4 members (excludes halogenated alkanes) is 1. The molecule has 28 heavy (non-hydrogen) atoms. The van der Waals surface area contributed by atoms with Crippen molar-refractivity contribution in [2.75, 3.05) is 0 Å². The molecule has 1 amide bonds. The predicted molar refractivity (Wildman–Crippen MR) is 114 cm³/mol. The Labute approximate surface area is 172 Å². The number of aromatic nitrogens is 4. The normalized spacial score (nSPS) is 21.0. The average Bonchev–Trinajstić information content (AvgIpc) is 3.05. The smallest absolute Gasteiger partial charge is 0.253 e. The van der Waals surface area contributed by atoms with Crippen molar-refractivity contribution in [3.05, 3.63) is 17.0 Å². The molecular formula is C21H33N5OS. The molecular weight excluding hydrogens is 370 g/mol. The first-order chi connectivity index (χ1) is 13.4. The van der Waals surface area contributed by atoms with Gasteiger partial charge in [0.05, 0.1) is 5.25 Å². The second-order valence-corrected chi connectivity index (χ2v) is 9.42. The van der Waals surface area contributed by atoms with E-state index < -0.39 is 0 Å². The number of hydrogen-bond donors (Lipinski definition) is 1. The van der Waals surface area contributed by atoms with Crippen molar-refractivity contribution in [1.29, 1.82) is 0 Å². The standard InChI is InChI=1S/C21H33N5OS/c1-6-7-11-17-14(3)22-20-24-21(25-26(20)15(17)4)28-16(5)19(27)23-18-12-9-8-10-13(18)2/h13,16,18H,6-12H2,1-5H3,(H,23,27). The number of aryl methyl sites for hydroxylation is 2. The summed E-state index contributed by atoms with van der Waals surface area (Å²) in [6, 6.07) is 0.297. The number of fused-ring (bicyclic) bond motifs is 1. The highest BCUT2D eigenvalue weighted by molar-refractivity contribution is 8.00. The minimum atomic E-state index is -0.229. The number of nitrogens with one attached hydrogen (secondary N) is 1. The third-order valence-corrected chi connectivity index (χ3v) is 6.85. The van der Waals surface area contributed by atoms with Crippen molar-refractivity contribution >= 4 is 23.4 Å². The molecule has 1 fully saturated rings. The van der Waals surface area contributed by atoms with Gasteiger partial charge in [-0.25, -0.2) is 9.50 Å². The third kappa shape index (κ3) is 4.67. The summed E-state index contributed by atoms with van der Waals surface area (Å²) < 4.78 is 1.83. The molecule has 0 spiro atoms. The van der Waals surface area contributed by atoms with Crippen LogP contribution in [-0.4, -0.2) is 36.8 Å². The summed E-state index contributed by atoms with van der Waals surface area (Å²) in [6.07, 6.45) is 8.07. The number of amides is 1. The van der Waals surface area contributed by atoms with E-state index in [-0.39, 0.29) is 11.2 Å². The predicted octanol–water partition coefficient (Wildman–Crippen LogP) is 4.26. The number of carbonyl (C=O) groups excluding carboxylic acids is 1. The van der Waals surface area contributed by atoms with Gasteiger partial charge in [0, 0.05) is 17.4 Å². The van der Waals surface area contributed by atoms with Crippen LogP contribution in [0.4, 0.5) is 0 Å². The van der Waals surface area contributed by atoms with Crippen LogP contribution in [0, 0.1) is 19.8 Å². The van der Waals surface area contributed by atoms with Crippen LogP contribution in [0.2, 0.25) is 0 Å². The van der Waals surface area contributed by atoms with Crippen molar-refractivity contribution in [1.82, 2.24) is 24.9 Å². The van der Waals surface area contributed by atoms with Gasteiger partial charge >= 0.3 is 0 Å². The Morgan fingerprint density at radius 1 is 1.29 bits per heavy atom. The molecule has 1 aliphatic carbocycles. The number of rotatable bonds is 7. The first-order valence-electron chi connectivity index (χ1n) is 10.6. The Balaban J connectivity index is 1.71. The topological polar surface area (TPSA) is 72.2 Å². The molecule has 2 aromatic heterocycles. The lowest BCUT2D eigenvalue weighted by atomic mass is 9.86. The van der Waals surface area contributed by atoms with Crippen LogP contribution in [0.15, 0.2) is 5.16 Å². The molecule has 0 saturated heterocycles. The molecule has 1 saturated carbocycles. The van der Waals surface area contributed by atoms with Crippen LogP contribution < -0.4 is 5.32 Å². The summed E-state index contributed by atoms with van der Waals surface area (Å²) in [6.45, 7) is 10.5. The first kappa shape index (κ1) is 21.1. The molecule has 2 heterocycles. The molecule has 3 unspecified atom stereocenters. The van der Waals surface area contributed by atoms with Gasteiger partial charge in [-0.1, -0.05) is 44.9 Å². The van der Waals surface area contributed by atoms with Crippen molar-refractivity contribution in [3.63, 3.8) is 0 Å². The molecule has 6 nitrogen and oxygen atoms in total. The molecule has 0 radical (unpaired) electrons. The molecule has 1 aliphatic rings. The summed E-state index contributed by atoms with van der Waals surface area (Å²) in [5, 5.41) is 8.25. The van der Waals surface area contributed by atoms with Crippen LogP contribution in [0.1, 0.15) is 76.2 Å². The van der Waals surface area contributed by atoms with Crippen LogP contribution in [0.3, 0.4) is 0 Å². The van der Waals surface area contributed by atoms with Gasteiger partial charge < -0.3 is 5.32 Å². The quantitative estimate of drug-likeness (QED) is 0.699. The zero-order valence-electron chi connectivity index (χ0n) is 17.8. The van der Waals surface area contributed by atoms with E-state index in [9.17, 15) is 4.79 Å². The lowest BCUT2D eigenvalue weighted by Crippen LogP contribution is -2.44. The molecule has 1 N–H and O–H groups in total. The van der Waals surface area contributed by atoms with E-state index in [1.54, 1.807) is 0 Å². The molecule has 0 aliphatic heterocycles. The number of hydrogen-bond acceptors (Lipinski definition) is 5. The Morgan fingerprint density at radius 2 is 2.04 bits per heavy atom. The Bertz CT molecular complexity index is 834. The molecule has 7 heteroatoms. The summed E-state index contributed by atoms with van der Waals surface area (Å²) in [5.41, 5.74) is 3.38. The highest BCUT2D eigenvalue weighted by Gasteiger charge is 2.26. The van der Waals surface area contributed by atoms with Gasteiger partial charge in [0.25, 0.3) is 5.78 Å². The lowest BCUT2D eigenvalue weighted by molar-refractivity contribution is -0.121. The van der Waals surface area contributed by atoms with Crippen LogP contribution in [-0.2, 0) is 11.2 Å². The number of nitrogens with zero attached hydrogens (tertiary/aromatic N) is 4. The zero-order valence-corrected chi connectivity index (χ0v) is 18.6. The lowest BCUT2D eigenvalue weighted by Gasteiger charge is -2.30. The minimum Gasteiger partial charge on any atom is -0.352 e. The fourth-order valence-electron chi connectivity index (χ4n) is 4.00. The van der Waals surface area contributed by atoms with E-state index in [0.717, 1.165) is 37.1 Å². The highest BCUT2D eigenvalue weighted by Crippen LogP contribution is 2.26. The molecule has 0 bridgehead atoms. The van der Waals surface area contributed by atoms with Gasteiger partial charge in [0.1, 0.15) is 0 Å². The Hall–Kier alpha value is -1.63. The van der Waals surface area contributed by atoms with Gasteiger partial charge in [-0.05, 0) is 57.9 Å². The maximum Gasteiger partial charge on any atom is 0.253 e. The van der Waals surface area contributed by atoms with Gasteiger partial charge in [-0.3, -0.25) is 4.79 Å². The van der Waals surface area contributed by atoms with Crippen molar-refractivity contribution < 1.29 is 4.79 Å². The Morgan fingerprint density at radius 3 is 2.75 bits per heavy atom. The summed E-state index contributed by atoms with van der Waals surface area (Å²) >= 11 is 1.41. The van der Waals surface area contributed by atoms with E-state index >= 15 is 0 Å². The Kier molecular flexibility index (Phi) is 6.96. The number of carbonyl (C=O) groups is 1. The van der Waals surface area contributed by atoms with Crippen molar-refractivity contribution in [2.24, 2.45) is 5.92 Å². The maximum absolute atomic E-state index is 12.7. The van der Waals surface area contributed by atoms with Gasteiger partial charge in [0.2, 0.25) is 11.1 Å². The third-order valence-electron chi connectivity index (χ3n) is 5.90. The van der Waals surface area contributed by atoms with Crippen molar-refractivity contribution in [2.45, 2.75) is 96.0 Å². The zero-order chi connectivity index (χ0) is 20.3. The van der Waals surface area contributed by atoms with Crippen LogP contribution in [0.5, 0.6) is 0 Å². The fourth-order valence-corrected chi connectivity index (χ4v) is 4.75. The van der Waals surface area contributed by atoms with Crippen LogP contribution >= 0.6 is 11.8 Å². The van der Waals surface area contributed by atoms with E-state index in [1.807, 2.05) is 18.4 Å². The monoisotopic (exact) mass is 403 g/mol. The largest absolute Gasteiger partial charge is 0.352 e. The maximum atomic E-state index is 12.7. The molecule has 154 valence electrons. The molecule has 3 atom stereocenters. The minimum absolute atomic E-state index is 0.0760. The van der Waals surface area contributed by atoms with E-state index in [0.29, 0.717) is 22.9 Å².